The lowest BCUT2D eigenvalue weighted by Crippen LogP contribution is -2.52. The summed E-state index contributed by atoms with van der Waals surface area (Å²) in [7, 11) is 1.45. The monoisotopic (exact) mass is 266 g/mol. The first-order chi connectivity index (χ1) is 8.91. The number of hydrogen-bond donors (Lipinski definition) is 2. The molecular weight excluding hydrogens is 239 g/mol. The largest absolute Gasteiger partial charge is 0.353 e. The highest BCUT2D eigenvalue weighted by atomic mass is 16.2. The minimum Gasteiger partial charge on any atom is -0.353 e. The zero-order chi connectivity index (χ0) is 14.4. The molecule has 2 amide bonds. The highest BCUT2D eigenvalue weighted by Gasteiger charge is 2.27. The average molecular weight is 266 g/mol. The van der Waals surface area contributed by atoms with E-state index in [9.17, 15) is 9.59 Å². The molecule has 2 atom stereocenters. The maximum atomic E-state index is 12.2. The average Bonchev–Trinajstić information content (AvgIpc) is 2.36. The Bertz CT molecular complexity index is 315. The summed E-state index contributed by atoms with van der Waals surface area (Å²) >= 11 is 0. The maximum Gasteiger partial charge on any atom is 0.243 e. The summed E-state index contributed by atoms with van der Waals surface area (Å²) < 4.78 is 0. The Morgan fingerprint density at radius 1 is 1.05 bits per heavy atom. The van der Waals surface area contributed by atoms with Gasteiger partial charge in [0.05, 0.1) is 0 Å². The summed E-state index contributed by atoms with van der Waals surface area (Å²) in [4.78, 5) is 23.4. The molecule has 1 saturated carbocycles. The van der Waals surface area contributed by atoms with Gasteiger partial charge >= 0.3 is 0 Å². The van der Waals surface area contributed by atoms with E-state index in [0.29, 0.717) is 5.92 Å². The van der Waals surface area contributed by atoms with Crippen LogP contribution >= 0.6 is 0 Å². The minimum atomic E-state index is -0.427. The second kappa shape index (κ2) is 7.56. The molecule has 108 valence electrons. The Morgan fingerprint density at radius 2 is 1.63 bits per heavy atom. The molecule has 0 unspecified atom stereocenters. The molecule has 1 aliphatic carbocycles. The molecule has 0 spiro atoms. The third kappa shape index (κ3) is 5.25. The third-order valence-electron chi connectivity index (χ3n) is 4.03. The zero-order valence-corrected chi connectivity index (χ0v) is 12.7. The van der Waals surface area contributed by atoms with Crippen molar-refractivity contribution >= 4 is 19.6 Å². The van der Waals surface area contributed by atoms with Gasteiger partial charge in [0, 0.05) is 6.04 Å². The van der Waals surface area contributed by atoms with E-state index in [1.165, 1.54) is 40.0 Å². The van der Waals surface area contributed by atoms with Gasteiger partial charge in [0.1, 0.15) is 6.04 Å². The standard InChI is InChI=1S/C14H27BN2O2/c1-9(2)12(17-14(15)19)13(18)16-10(3)11-7-5-4-6-8-11/h9-12H,4-8,15H2,1-3H3,(H,16,18)(H,17,19)/t10-,12+/m0/s1. The van der Waals surface area contributed by atoms with Crippen molar-refractivity contribution in [2.45, 2.75) is 65.0 Å². The van der Waals surface area contributed by atoms with Crippen LogP contribution < -0.4 is 10.6 Å². The van der Waals surface area contributed by atoms with Crippen molar-refractivity contribution in [1.82, 2.24) is 10.6 Å². The van der Waals surface area contributed by atoms with Crippen molar-refractivity contribution in [2.24, 2.45) is 11.8 Å². The number of hydrogen-bond acceptors (Lipinski definition) is 2. The van der Waals surface area contributed by atoms with E-state index in [1.807, 2.05) is 13.8 Å². The molecule has 1 rings (SSSR count). The molecule has 2 N–H and O–H groups in total. The molecule has 1 fully saturated rings. The zero-order valence-electron chi connectivity index (χ0n) is 12.7. The van der Waals surface area contributed by atoms with E-state index in [4.69, 9.17) is 0 Å². The number of carbonyl (C=O) groups is 2. The molecule has 0 aromatic carbocycles. The van der Waals surface area contributed by atoms with E-state index < -0.39 is 6.04 Å². The van der Waals surface area contributed by atoms with Crippen LogP contribution in [0.4, 0.5) is 4.79 Å². The van der Waals surface area contributed by atoms with Crippen molar-refractivity contribution in [3.63, 3.8) is 0 Å². The van der Waals surface area contributed by atoms with Gasteiger partial charge in [-0.05, 0) is 31.6 Å². The third-order valence-corrected chi connectivity index (χ3v) is 4.03. The first-order valence-electron chi connectivity index (χ1n) is 7.49. The summed E-state index contributed by atoms with van der Waals surface area (Å²) in [5.74, 6) is 0.479. The normalized spacial score (nSPS) is 19.8. The quantitative estimate of drug-likeness (QED) is 0.740. The lowest BCUT2D eigenvalue weighted by atomic mass is 9.84. The Kier molecular flexibility index (Phi) is 6.39. The van der Waals surface area contributed by atoms with E-state index >= 15 is 0 Å². The van der Waals surface area contributed by atoms with Crippen molar-refractivity contribution in [3.05, 3.63) is 0 Å². The molecule has 0 bridgehead atoms. The highest BCUT2D eigenvalue weighted by Crippen LogP contribution is 2.26. The first-order valence-corrected chi connectivity index (χ1v) is 7.49. The fraction of sp³-hybridized carbons (Fsp3) is 0.857. The second-order valence-electron chi connectivity index (χ2n) is 6.12. The van der Waals surface area contributed by atoms with Crippen molar-refractivity contribution in [3.8, 4) is 0 Å². The van der Waals surface area contributed by atoms with E-state index in [2.05, 4.69) is 17.6 Å². The van der Waals surface area contributed by atoms with Crippen LogP contribution in [0, 0.1) is 11.8 Å². The van der Waals surface area contributed by atoms with Crippen LogP contribution in [0.25, 0.3) is 0 Å². The summed E-state index contributed by atoms with van der Waals surface area (Å²) in [6.45, 7) is 5.98. The minimum absolute atomic E-state index is 0.0525. The Morgan fingerprint density at radius 3 is 2.11 bits per heavy atom. The molecule has 0 aromatic heterocycles. The predicted octanol–water partition coefficient (Wildman–Crippen LogP) is 1.44. The molecule has 19 heavy (non-hydrogen) atoms. The van der Waals surface area contributed by atoms with E-state index in [1.54, 1.807) is 0 Å². The van der Waals surface area contributed by atoms with Crippen LogP contribution in [0.5, 0.6) is 0 Å². The number of nitrogens with one attached hydrogen (secondary N) is 2. The molecule has 1 aliphatic rings. The van der Waals surface area contributed by atoms with Gasteiger partial charge in [-0.3, -0.25) is 9.59 Å². The predicted molar refractivity (Wildman–Crippen MR) is 79.9 cm³/mol. The Balaban J connectivity index is 2.52. The second-order valence-corrected chi connectivity index (χ2v) is 6.12. The molecule has 5 heteroatoms. The summed E-state index contributed by atoms with van der Waals surface area (Å²) in [6.07, 6.45) is 6.26. The lowest BCUT2D eigenvalue weighted by Gasteiger charge is -2.30. The number of carbonyl (C=O) groups excluding carboxylic acids is 2. The highest BCUT2D eigenvalue weighted by molar-refractivity contribution is 6.57. The van der Waals surface area contributed by atoms with Crippen molar-refractivity contribution in [2.75, 3.05) is 0 Å². The Labute approximate surface area is 117 Å². The fourth-order valence-corrected chi connectivity index (χ4v) is 2.82. The van der Waals surface area contributed by atoms with Gasteiger partial charge in [-0.1, -0.05) is 33.1 Å². The molecule has 0 aliphatic heterocycles. The number of rotatable bonds is 5. The van der Waals surface area contributed by atoms with Crippen molar-refractivity contribution < 1.29 is 9.59 Å². The molecular formula is C14H27BN2O2. The van der Waals surface area contributed by atoms with Crippen LogP contribution in [-0.2, 0) is 4.79 Å². The van der Waals surface area contributed by atoms with E-state index in [0.717, 1.165) is 0 Å². The summed E-state index contributed by atoms with van der Waals surface area (Å²) in [5.41, 5.74) is 0. The first kappa shape index (κ1) is 16.1. The van der Waals surface area contributed by atoms with Crippen LogP contribution in [0.15, 0.2) is 0 Å². The molecule has 0 radical (unpaired) electrons. The van der Waals surface area contributed by atoms with Crippen molar-refractivity contribution in [1.29, 1.82) is 0 Å². The fourth-order valence-electron chi connectivity index (χ4n) is 2.82. The van der Waals surface area contributed by atoms with Gasteiger partial charge < -0.3 is 10.6 Å². The summed E-state index contributed by atoms with van der Waals surface area (Å²) in [5, 5.41) is 5.82. The maximum absolute atomic E-state index is 12.2. The molecule has 4 nitrogen and oxygen atoms in total. The van der Waals surface area contributed by atoms with Gasteiger partial charge in [0.2, 0.25) is 13.8 Å². The van der Waals surface area contributed by atoms with Crippen LogP contribution in [0.1, 0.15) is 52.9 Å². The van der Waals surface area contributed by atoms with E-state index in [-0.39, 0.29) is 23.7 Å². The van der Waals surface area contributed by atoms with Gasteiger partial charge in [0.25, 0.3) is 0 Å². The molecule has 0 aromatic rings. The van der Waals surface area contributed by atoms with Gasteiger partial charge in [-0.2, -0.15) is 0 Å². The summed E-state index contributed by atoms with van der Waals surface area (Å²) in [6, 6.07) is -0.230. The Hall–Kier alpha value is -0.995. The van der Waals surface area contributed by atoms with Crippen LogP contribution in [0.2, 0.25) is 0 Å². The van der Waals surface area contributed by atoms with Gasteiger partial charge in [0.15, 0.2) is 5.81 Å². The van der Waals surface area contributed by atoms with Crippen LogP contribution in [0.3, 0.4) is 0 Å². The number of amides is 2. The van der Waals surface area contributed by atoms with Crippen LogP contribution in [-0.4, -0.2) is 31.6 Å². The van der Waals surface area contributed by atoms with Gasteiger partial charge in [-0.25, -0.2) is 0 Å². The molecule has 0 heterocycles. The smallest absolute Gasteiger partial charge is 0.243 e. The molecule has 0 saturated heterocycles. The lowest BCUT2D eigenvalue weighted by molar-refractivity contribution is -0.124. The SMILES string of the molecule is BC(=O)N[C@@H](C(=O)N[C@@H](C)C1CCCCC1)C(C)C. The topological polar surface area (TPSA) is 58.2 Å². The van der Waals surface area contributed by atoms with Gasteiger partial charge in [-0.15, -0.1) is 0 Å².